The van der Waals surface area contributed by atoms with Crippen LogP contribution in [0.4, 0.5) is 0 Å². The Bertz CT molecular complexity index is 98.6. The highest BCUT2D eigenvalue weighted by Crippen LogP contribution is 1.81. The van der Waals surface area contributed by atoms with Crippen molar-refractivity contribution < 1.29 is 23.2 Å². The molecular formula is C6H16O5Si. The molecule has 74 valence electrons. The van der Waals surface area contributed by atoms with Crippen molar-refractivity contribution >= 4 is 15.5 Å². The Balaban J connectivity index is 0. The van der Waals surface area contributed by atoms with E-state index in [1.165, 1.54) is 0 Å². The van der Waals surface area contributed by atoms with Crippen molar-refractivity contribution in [2.75, 3.05) is 21.3 Å². The molecule has 0 heterocycles. The highest BCUT2D eigenvalue weighted by atomic mass is 28.3. The number of hydrogen-bond donors (Lipinski definition) is 1. The molecule has 0 bridgehead atoms. The Labute approximate surface area is 74.2 Å². The molecule has 12 heavy (non-hydrogen) atoms. The van der Waals surface area contributed by atoms with E-state index in [0.717, 1.165) is 0 Å². The van der Waals surface area contributed by atoms with Gasteiger partial charge in [-0.25, -0.2) is 0 Å². The molecule has 6 heteroatoms. The molecule has 0 aromatic rings. The van der Waals surface area contributed by atoms with E-state index in [1.54, 1.807) is 28.3 Å². The van der Waals surface area contributed by atoms with Gasteiger partial charge in [0.2, 0.25) is 0 Å². The van der Waals surface area contributed by atoms with E-state index in [1.807, 2.05) is 0 Å². The quantitative estimate of drug-likeness (QED) is 0.647. The van der Waals surface area contributed by atoms with Gasteiger partial charge >= 0.3 is 15.5 Å². The first-order chi connectivity index (χ1) is 5.62. The highest BCUT2D eigenvalue weighted by Gasteiger charge is 2.04. The van der Waals surface area contributed by atoms with E-state index in [2.05, 4.69) is 0 Å². The molecule has 0 spiro atoms. The number of carbonyl (C=O) groups is 1. The van der Waals surface area contributed by atoms with Gasteiger partial charge in [0.05, 0.1) is 0 Å². The lowest BCUT2D eigenvalue weighted by molar-refractivity contribution is -0.136. The van der Waals surface area contributed by atoms with Crippen LogP contribution in [-0.2, 0) is 18.1 Å². The molecular weight excluding hydrogens is 180 g/mol. The van der Waals surface area contributed by atoms with Gasteiger partial charge in [0, 0.05) is 27.8 Å². The fourth-order valence-corrected chi connectivity index (χ4v) is 0.866. The molecule has 5 nitrogen and oxygen atoms in total. The van der Waals surface area contributed by atoms with Crippen LogP contribution in [0.25, 0.3) is 0 Å². The minimum atomic E-state index is -1.67. The SMILES string of the molecule is CCC(=O)O.CO[SiH](OC)OC. The Morgan fingerprint density at radius 2 is 1.50 bits per heavy atom. The van der Waals surface area contributed by atoms with Crippen LogP contribution in [0.3, 0.4) is 0 Å². The second kappa shape index (κ2) is 10.6. The number of hydrogen-bond acceptors (Lipinski definition) is 4. The Morgan fingerprint density at radius 3 is 1.50 bits per heavy atom. The van der Waals surface area contributed by atoms with Crippen molar-refractivity contribution in [1.82, 2.24) is 0 Å². The van der Waals surface area contributed by atoms with Crippen LogP contribution < -0.4 is 0 Å². The summed E-state index contributed by atoms with van der Waals surface area (Å²) in [5, 5.41) is 7.72. The van der Waals surface area contributed by atoms with Crippen molar-refractivity contribution in [3.8, 4) is 0 Å². The Hall–Kier alpha value is -0.433. The molecule has 0 saturated carbocycles. The minimum Gasteiger partial charge on any atom is -0.481 e. The fourth-order valence-electron chi connectivity index (χ4n) is 0.289. The predicted octanol–water partition coefficient (Wildman–Crippen LogP) is 0.124. The van der Waals surface area contributed by atoms with Gasteiger partial charge < -0.3 is 18.4 Å². The lowest BCUT2D eigenvalue weighted by atomic mass is 10.5. The second-order valence-electron chi connectivity index (χ2n) is 1.74. The molecule has 0 rings (SSSR count). The standard InChI is InChI=1S/C3H10O3Si.C3H6O2/c1-4-7(5-2)6-3;1-2-3(4)5/h7H,1-3H3;2H2,1H3,(H,4,5). The van der Waals surface area contributed by atoms with Gasteiger partial charge in [0.25, 0.3) is 0 Å². The van der Waals surface area contributed by atoms with Crippen molar-refractivity contribution in [1.29, 1.82) is 0 Å². The molecule has 0 aliphatic rings. The zero-order valence-electron chi connectivity index (χ0n) is 7.86. The molecule has 0 radical (unpaired) electrons. The molecule has 0 aromatic heterocycles. The number of aliphatic carboxylic acids is 1. The summed E-state index contributed by atoms with van der Waals surface area (Å²) in [7, 11) is 3.05. The lowest BCUT2D eigenvalue weighted by Gasteiger charge is -2.05. The van der Waals surface area contributed by atoms with Gasteiger partial charge in [0.1, 0.15) is 0 Å². The maximum absolute atomic E-state index is 9.37. The molecule has 0 aromatic carbocycles. The van der Waals surface area contributed by atoms with E-state index in [4.69, 9.17) is 18.4 Å². The summed E-state index contributed by atoms with van der Waals surface area (Å²) < 4.78 is 14.2. The van der Waals surface area contributed by atoms with Gasteiger partial charge in [-0.1, -0.05) is 6.92 Å². The summed E-state index contributed by atoms with van der Waals surface area (Å²) in [6.07, 6.45) is 0.222. The molecule has 0 amide bonds. The van der Waals surface area contributed by atoms with Crippen LogP contribution in [0.2, 0.25) is 0 Å². The first-order valence-corrected chi connectivity index (χ1v) is 4.83. The summed E-state index contributed by atoms with van der Waals surface area (Å²) >= 11 is 0. The first kappa shape index (κ1) is 14.1. The van der Waals surface area contributed by atoms with Gasteiger partial charge in [-0.15, -0.1) is 0 Å². The third kappa shape index (κ3) is 12.3. The van der Waals surface area contributed by atoms with E-state index >= 15 is 0 Å². The molecule has 0 fully saturated rings. The van der Waals surface area contributed by atoms with Crippen molar-refractivity contribution in [2.24, 2.45) is 0 Å². The van der Waals surface area contributed by atoms with Crippen molar-refractivity contribution in [3.05, 3.63) is 0 Å². The van der Waals surface area contributed by atoms with Crippen LogP contribution in [0.15, 0.2) is 0 Å². The number of rotatable bonds is 4. The Kier molecular flexibility index (Phi) is 12.4. The summed E-state index contributed by atoms with van der Waals surface area (Å²) in [5.41, 5.74) is 0. The fraction of sp³-hybridized carbons (Fsp3) is 0.833. The van der Waals surface area contributed by atoms with Crippen LogP contribution in [0.5, 0.6) is 0 Å². The van der Waals surface area contributed by atoms with Crippen LogP contribution in [0, 0.1) is 0 Å². The van der Waals surface area contributed by atoms with Crippen LogP contribution in [-0.4, -0.2) is 41.9 Å². The van der Waals surface area contributed by atoms with E-state index in [9.17, 15) is 4.79 Å². The lowest BCUT2D eigenvalue weighted by Crippen LogP contribution is -2.21. The average Bonchev–Trinajstić information content (AvgIpc) is 2.09. The maximum atomic E-state index is 9.37. The van der Waals surface area contributed by atoms with Crippen LogP contribution >= 0.6 is 0 Å². The van der Waals surface area contributed by atoms with Crippen molar-refractivity contribution in [3.63, 3.8) is 0 Å². The zero-order chi connectivity index (χ0) is 9.98. The second-order valence-corrected chi connectivity index (χ2v) is 3.73. The molecule has 0 atom stereocenters. The van der Waals surface area contributed by atoms with E-state index in [-0.39, 0.29) is 6.42 Å². The Morgan fingerprint density at radius 1 is 1.25 bits per heavy atom. The van der Waals surface area contributed by atoms with Gasteiger partial charge in [-0.05, 0) is 0 Å². The molecule has 0 unspecified atom stereocenters. The van der Waals surface area contributed by atoms with E-state index in [0.29, 0.717) is 0 Å². The van der Waals surface area contributed by atoms with Crippen molar-refractivity contribution in [2.45, 2.75) is 13.3 Å². The molecule has 0 saturated heterocycles. The van der Waals surface area contributed by atoms with Gasteiger partial charge in [-0.2, -0.15) is 0 Å². The monoisotopic (exact) mass is 196 g/mol. The van der Waals surface area contributed by atoms with Crippen LogP contribution in [0.1, 0.15) is 13.3 Å². The largest absolute Gasteiger partial charge is 0.483 e. The summed E-state index contributed by atoms with van der Waals surface area (Å²) in [4.78, 5) is 9.37. The summed E-state index contributed by atoms with van der Waals surface area (Å²) in [5.74, 6) is -0.745. The highest BCUT2D eigenvalue weighted by molar-refractivity contribution is 6.36. The van der Waals surface area contributed by atoms with Gasteiger partial charge in [-0.3, -0.25) is 4.79 Å². The normalized spacial score (nSPS) is 9.08. The smallest absolute Gasteiger partial charge is 0.481 e. The molecule has 0 aliphatic heterocycles. The zero-order valence-corrected chi connectivity index (χ0v) is 9.02. The number of carboxylic acid groups (broad SMARTS) is 1. The average molecular weight is 196 g/mol. The topological polar surface area (TPSA) is 65.0 Å². The predicted molar refractivity (Wildman–Crippen MR) is 46.1 cm³/mol. The number of carboxylic acids is 1. The third-order valence-corrected chi connectivity index (χ3v) is 2.03. The third-order valence-electron chi connectivity index (χ3n) is 0.880. The summed E-state index contributed by atoms with van der Waals surface area (Å²) in [6.45, 7) is 1.60. The summed E-state index contributed by atoms with van der Waals surface area (Å²) in [6, 6.07) is 0. The first-order valence-electron chi connectivity index (χ1n) is 3.42. The van der Waals surface area contributed by atoms with Gasteiger partial charge in [0.15, 0.2) is 0 Å². The van der Waals surface area contributed by atoms with E-state index < -0.39 is 15.5 Å². The minimum absolute atomic E-state index is 0.222. The molecule has 1 N–H and O–H groups in total. The molecule has 0 aliphatic carbocycles. The maximum Gasteiger partial charge on any atom is 0.483 e.